The molecule has 1 saturated carbocycles. The summed E-state index contributed by atoms with van der Waals surface area (Å²) in [7, 11) is 0. The van der Waals surface area contributed by atoms with Gasteiger partial charge in [0.15, 0.2) is 5.69 Å². The fraction of sp³-hybridized carbons (Fsp3) is 0.333. The highest BCUT2D eigenvalue weighted by atomic mass is 19.4. The second kappa shape index (κ2) is 10.6. The molecule has 35 heavy (non-hydrogen) atoms. The van der Waals surface area contributed by atoms with E-state index in [-0.39, 0.29) is 19.2 Å². The lowest BCUT2D eigenvalue weighted by atomic mass is 10.2. The fourth-order valence-corrected chi connectivity index (χ4v) is 3.77. The Morgan fingerprint density at radius 1 is 1.00 bits per heavy atom. The van der Waals surface area contributed by atoms with Crippen LogP contribution in [0.25, 0.3) is 5.69 Å². The number of rotatable bonds is 8. The first kappa shape index (κ1) is 24.2. The minimum atomic E-state index is -4.80. The van der Waals surface area contributed by atoms with Crippen LogP contribution < -0.4 is 15.4 Å². The predicted molar refractivity (Wildman–Crippen MR) is 120 cm³/mol. The van der Waals surface area contributed by atoms with Crippen LogP contribution in [0.15, 0.2) is 54.9 Å². The third kappa shape index (κ3) is 6.17. The molecule has 0 bridgehead atoms. The molecule has 4 rings (SSSR count). The van der Waals surface area contributed by atoms with Crippen LogP contribution in [0.3, 0.4) is 0 Å². The minimum absolute atomic E-state index is 0.0130. The molecule has 0 unspecified atom stereocenters. The third-order valence-electron chi connectivity index (χ3n) is 5.53. The molecule has 0 atom stereocenters. The van der Waals surface area contributed by atoms with Gasteiger partial charge in [0, 0.05) is 31.5 Å². The first-order chi connectivity index (χ1) is 16.8. The summed E-state index contributed by atoms with van der Waals surface area (Å²) in [6.45, 7) is -0.0617. The summed E-state index contributed by atoms with van der Waals surface area (Å²) < 4.78 is 47.1. The molecule has 0 aliphatic heterocycles. The number of hydrogen-bond acceptors (Lipinski definition) is 5. The van der Waals surface area contributed by atoms with Crippen LogP contribution in [0.5, 0.6) is 5.88 Å². The number of hydrogen-bond donors (Lipinski definition) is 2. The zero-order valence-corrected chi connectivity index (χ0v) is 18.7. The molecule has 0 radical (unpaired) electrons. The maximum Gasteiger partial charge on any atom is 0.435 e. The molecular formula is C24H24F3N5O3. The third-order valence-corrected chi connectivity index (χ3v) is 5.53. The SMILES string of the molecule is O=C(NCCNC(=O)c1cn(-c2ccccc2)nc1C(F)(F)F)c1ccc(OC2CCCC2)nc1. The Kier molecular flexibility index (Phi) is 7.33. The van der Waals surface area contributed by atoms with Crippen molar-refractivity contribution in [2.24, 2.45) is 0 Å². The van der Waals surface area contributed by atoms with Gasteiger partial charge in [-0.15, -0.1) is 0 Å². The van der Waals surface area contributed by atoms with Crippen LogP contribution in [0.1, 0.15) is 52.1 Å². The molecule has 8 nitrogen and oxygen atoms in total. The van der Waals surface area contributed by atoms with Crippen molar-refractivity contribution in [1.29, 1.82) is 0 Å². The molecule has 2 N–H and O–H groups in total. The van der Waals surface area contributed by atoms with Crippen molar-refractivity contribution in [3.63, 3.8) is 0 Å². The van der Waals surface area contributed by atoms with Gasteiger partial charge in [0.25, 0.3) is 11.8 Å². The number of carbonyl (C=O) groups is 2. The number of para-hydroxylation sites is 1. The summed E-state index contributed by atoms with van der Waals surface area (Å²) >= 11 is 0. The van der Waals surface area contributed by atoms with E-state index >= 15 is 0 Å². The standard InChI is InChI=1S/C24H24F3N5O3/c25-24(26,27)21-19(15-32(31-21)17-6-2-1-3-7-17)23(34)29-13-12-28-22(33)16-10-11-20(30-14-16)35-18-8-4-5-9-18/h1-3,6-7,10-11,14-15,18H,4-5,8-9,12-13H2,(H,28,33)(H,29,34). The van der Waals surface area contributed by atoms with Crippen molar-refractivity contribution < 1.29 is 27.5 Å². The van der Waals surface area contributed by atoms with Gasteiger partial charge >= 0.3 is 6.18 Å². The van der Waals surface area contributed by atoms with Crippen LogP contribution in [-0.2, 0) is 6.18 Å². The molecule has 2 heterocycles. The highest BCUT2D eigenvalue weighted by Gasteiger charge is 2.39. The van der Waals surface area contributed by atoms with Crippen molar-refractivity contribution in [1.82, 2.24) is 25.4 Å². The van der Waals surface area contributed by atoms with Gasteiger partial charge < -0.3 is 15.4 Å². The van der Waals surface area contributed by atoms with Crippen LogP contribution >= 0.6 is 0 Å². The van der Waals surface area contributed by atoms with Crippen LogP contribution in [0, 0.1) is 0 Å². The normalized spacial score (nSPS) is 14.0. The van der Waals surface area contributed by atoms with E-state index in [9.17, 15) is 22.8 Å². The van der Waals surface area contributed by atoms with Crippen LogP contribution in [0.4, 0.5) is 13.2 Å². The van der Waals surface area contributed by atoms with Crippen molar-refractivity contribution in [2.45, 2.75) is 38.0 Å². The summed E-state index contributed by atoms with van der Waals surface area (Å²) in [6, 6.07) is 11.4. The lowest BCUT2D eigenvalue weighted by Gasteiger charge is -2.12. The average molecular weight is 487 g/mol. The number of carbonyl (C=O) groups excluding carboxylic acids is 2. The van der Waals surface area contributed by atoms with Gasteiger partial charge in [-0.3, -0.25) is 9.59 Å². The maximum atomic E-state index is 13.4. The first-order valence-electron chi connectivity index (χ1n) is 11.2. The molecule has 2 amide bonds. The van der Waals surface area contributed by atoms with Gasteiger partial charge in [-0.2, -0.15) is 18.3 Å². The molecule has 0 spiro atoms. The summed E-state index contributed by atoms with van der Waals surface area (Å²) in [6.07, 6.45) is 2.03. The second-order valence-corrected chi connectivity index (χ2v) is 8.09. The van der Waals surface area contributed by atoms with Crippen molar-refractivity contribution in [3.05, 3.63) is 71.7 Å². The van der Waals surface area contributed by atoms with E-state index in [2.05, 4.69) is 20.7 Å². The van der Waals surface area contributed by atoms with Crippen molar-refractivity contribution >= 4 is 11.8 Å². The largest absolute Gasteiger partial charge is 0.474 e. The molecule has 184 valence electrons. The van der Waals surface area contributed by atoms with Gasteiger partial charge in [0.1, 0.15) is 6.10 Å². The zero-order valence-electron chi connectivity index (χ0n) is 18.7. The number of alkyl halides is 3. The summed E-state index contributed by atoms with van der Waals surface area (Å²) in [5.41, 5.74) is -1.19. The second-order valence-electron chi connectivity index (χ2n) is 8.09. The van der Waals surface area contributed by atoms with Crippen molar-refractivity contribution in [3.8, 4) is 11.6 Å². The van der Waals surface area contributed by atoms with E-state index in [0.29, 0.717) is 17.1 Å². The van der Waals surface area contributed by atoms with E-state index < -0.39 is 29.2 Å². The van der Waals surface area contributed by atoms with E-state index in [0.717, 1.165) is 36.6 Å². The number of nitrogens with zero attached hydrogens (tertiary/aromatic N) is 3. The topological polar surface area (TPSA) is 98.1 Å². The predicted octanol–water partition coefficient (Wildman–Crippen LogP) is 3.77. The number of pyridine rings is 1. The van der Waals surface area contributed by atoms with E-state index in [1.165, 1.54) is 6.20 Å². The molecular weight excluding hydrogens is 463 g/mol. The molecule has 1 aromatic carbocycles. The fourth-order valence-electron chi connectivity index (χ4n) is 3.77. The van der Waals surface area contributed by atoms with Crippen LogP contribution in [-0.4, -0.2) is 45.8 Å². The van der Waals surface area contributed by atoms with Gasteiger partial charge in [0.2, 0.25) is 5.88 Å². The Morgan fingerprint density at radius 2 is 1.69 bits per heavy atom. The Labute approximate surface area is 199 Å². The van der Waals surface area contributed by atoms with Gasteiger partial charge in [-0.05, 0) is 43.9 Å². The van der Waals surface area contributed by atoms with Crippen molar-refractivity contribution in [2.75, 3.05) is 13.1 Å². The Morgan fingerprint density at radius 3 is 2.31 bits per heavy atom. The molecule has 1 aliphatic carbocycles. The van der Waals surface area contributed by atoms with E-state index in [1.807, 2.05) is 0 Å². The number of aromatic nitrogens is 3. The highest BCUT2D eigenvalue weighted by molar-refractivity contribution is 5.96. The number of halogens is 3. The molecule has 2 aromatic heterocycles. The molecule has 0 saturated heterocycles. The Hall–Kier alpha value is -3.89. The minimum Gasteiger partial charge on any atom is -0.474 e. The summed E-state index contributed by atoms with van der Waals surface area (Å²) in [5, 5.41) is 8.54. The Bertz CT molecular complexity index is 1160. The highest BCUT2D eigenvalue weighted by Crippen LogP contribution is 2.31. The molecule has 1 aliphatic rings. The Balaban J connectivity index is 1.30. The summed E-state index contributed by atoms with van der Waals surface area (Å²) in [4.78, 5) is 28.9. The number of amides is 2. The monoisotopic (exact) mass is 487 g/mol. The van der Waals surface area contributed by atoms with Gasteiger partial charge in [-0.1, -0.05) is 18.2 Å². The average Bonchev–Trinajstić information content (AvgIpc) is 3.53. The zero-order chi connectivity index (χ0) is 24.8. The van der Waals surface area contributed by atoms with E-state index in [1.54, 1.807) is 42.5 Å². The van der Waals surface area contributed by atoms with E-state index in [4.69, 9.17) is 4.74 Å². The molecule has 11 heteroatoms. The van der Waals surface area contributed by atoms with Gasteiger partial charge in [0.05, 0.1) is 16.8 Å². The molecule has 1 fully saturated rings. The number of nitrogens with one attached hydrogen (secondary N) is 2. The quantitative estimate of drug-likeness (QED) is 0.472. The summed E-state index contributed by atoms with van der Waals surface area (Å²) in [5.74, 6) is -0.909. The van der Waals surface area contributed by atoms with Crippen LogP contribution in [0.2, 0.25) is 0 Å². The first-order valence-corrected chi connectivity index (χ1v) is 11.2. The van der Waals surface area contributed by atoms with Gasteiger partial charge in [-0.25, -0.2) is 9.67 Å². The number of ether oxygens (including phenoxy) is 1. The molecule has 3 aromatic rings. The number of benzene rings is 1. The maximum absolute atomic E-state index is 13.4. The smallest absolute Gasteiger partial charge is 0.435 e. The lowest BCUT2D eigenvalue weighted by Crippen LogP contribution is -2.35. The lowest BCUT2D eigenvalue weighted by molar-refractivity contribution is -0.141.